The molecule has 0 saturated heterocycles. The lowest BCUT2D eigenvalue weighted by Crippen LogP contribution is -2.14. The van der Waals surface area contributed by atoms with Gasteiger partial charge in [0.2, 0.25) is 0 Å². The normalized spacial score (nSPS) is 11.0. The van der Waals surface area contributed by atoms with Crippen LogP contribution in [0, 0.1) is 0 Å². The van der Waals surface area contributed by atoms with Crippen LogP contribution in [-0.2, 0) is 22.5 Å². The molecule has 0 aliphatic carbocycles. The third-order valence-corrected chi connectivity index (χ3v) is 2.84. The first-order valence-electron chi connectivity index (χ1n) is 6.21. The largest absolute Gasteiger partial charge is 0.377 e. The molecule has 2 aromatic rings. The highest BCUT2D eigenvalue weighted by molar-refractivity contribution is 5.83. The molecule has 1 heterocycles. The van der Waals surface area contributed by atoms with Crippen LogP contribution in [0.25, 0.3) is 11.0 Å². The first kappa shape index (κ1) is 12.8. The van der Waals surface area contributed by atoms with E-state index in [4.69, 9.17) is 4.74 Å². The number of nitrogens with zero attached hydrogens (tertiary/aromatic N) is 2. The van der Waals surface area contributed by atoms with E-state index >= 15 is 0 Å². The van der Waals surface area contributed by atoms with Gasteiger partial charge >= 0.3 is 0 Å². The fourth-order valence-electron chi connectivity index (χ4n) is 2.12. The van der Waals surface area contributed by atoms with E-state index in [1.165, 1.54) is 7.11 Å². The summed E-state index contributed by atoms with van der Waals surface area (Å²) >= 11 is 0. The van der Waals surface area contributed by atoms with Crippen LogP contribution in [0.1, 0.15) is 19.2 Å². The van der Waals surface area contributed by atoms with Crippen LogP contribution in [-0.4, -0.2) is 29.1 Å². The van der Waals surface area contributed by atoms with Crippen LogP contribution in [0.3, 0.4) is 0 Å². The highest BCUT2D eigenvalue weighted by Gasteiger charge is 2.13. The Morgan fingerprint density at radius 2 is 2.17 bits per heavy atom. The minimum Gasteiger partial charge on any atom is -0.377 e. The number of para-hydroxylation sites is 2. The third kappa shape index (κ3) is 2.59. The number of ketones is 1. The van der Waals surface area contributed by atoms with Gasteiger partial charge in [0.1, 0.15) is 12.4 Å². The number of ether oxygens (including phenoxy) is 1. The molecular weight excluding hydrogens is 228 g/mol. The van der Waals surface area contributed by atoms with Crippen LogP contribution < -0.4 is 0 Å². The number of Topliss-reactive ketones (excluding diaryl/α,β-unsaturated/α-hetero) is 1. The van der Waals surface area contributed by atoms with Crippen molar-refractivity contribution in [2.24, 2.45) is 0 Å². The Labute approximate surface area is 107 Å². The summed E-state index contributed by atoms with van der Waals surface area (Å²) in [6, 6.07) is 7.98. The van der Waals surface area contributed by atoms with Gasteiger partial charge in [0.25, 0.3) is 0 Å². The van der Waals surface area contributed by atoms with E-state index in [0.29, 0.717) is 6.42 Å². The van der Waals surface area contributed by atoms with Gasteiger partial charge in [-0.3, -0.25) is 4.79 Å². The molecule has 4 heteroatoms. The molecule has 4 nitrogen and oxygen atoms in total. The van der Waals surface area contributed by atoms with Gasteiger partial charge in [-0.05, 0) is 18.6 Å². The van der Waals surface area contributed by atoms with Crippen LogP contribution in [0.4, 0.5) is 0 Å². The van der Waals surface area contributed by atoms with Gasteiger partial charge in [-0.15, -0.1) is 0 Å². The topological polar surface area (TPSA) is 44.1 Å². The second-order valence-electron chi connectivity index (χ2n) is 4.32. The molecule has 0 fully saturated rings. The number of fused-ring (bicyclic) bond motifs is 1. The number of benzene rings is 1. The summed E-state index contributed by atoms with van der Waals surface area (Å²) in [5, 5.41) is 0. The maximum absolute atomic E-state index is 11.7. The van der Waals surface area contributed by atoms with Gasteiger partial charge in [-0.1, -0.05) is 19.1 Å². The molecule has 0 atom stereocenters. The molecule has 2 rings (SSSR count). The lowest BCUT2D eigenvalue weighted by atomic mass is 10.3. The number of carbonyl (C=O) groups excluding carboxylic acids is 1. The fourth-order valence-corrected chi connectivity index (χ4v) is 2.12. The molecule has 0 N–H and O–H groups in total. The molecule has 0 bridgehead atoms. The lowest BCUT2D eigenvalue weighted by Gasteiger charge is -2.06. The average Bonchev–Trinajstić information content (AvgIpc) is 2.68. The van der Waals surface area contributed by atoms with Crippen molar-refractivity contribution in [3.8, 4) is 0 Å². The quantitative estimate of drug-likeness (QED) is 0.785. The lowest BCUT2D eigenvalue weighted by molar-refractivity contribution is -0.122. The standard InChI is InChI=1S/C14H18N2O2/c1-3-8-16-13-7-5-4-6-12(13)15-14(16)9-11(17)10-18-2/h4-7H,3,8-10H2,1-2H3. The third-order valence-electron chi connectivity index (χ3n) is 2.84. The van der Waals surface area contributed by atoms with Crippen molar-refractivity contribution in [3.63, 3.8) is 0 Å². The Balaban J connectivity index is 2.36. The predicted octanol–water partition coefficient (Wildman–Crippen LogP) is 2.20. The molecule has 0 saturated carbocycles. The van der Waals surface area contributed by atoms with Crippen molar-refractivity contribution in [1.82, 2.24) is 9.55 Å². The summed E-state index contributed by atoms with van der Waals surface area (Å²) in [7, 11) is 1.53. The molecule has 0 amide bonds. The molecular formula is C14H18N2O2. The molecule has 0 unspecified atom stereocenters. The summed E-state index contributed by atoms with van der Waals surface area (Å²) in [5.74, 6) is 0.894. The maximum atomic E-state index is 11.7. The number of methoxy groups -OCH3 is 1. The highest BCUT2D eigenvalue weighted by Crippen LogP contribution is 2.17. The van der Waals surface area contributed by atoms with Crippen LogP contribution in [0.15, 0.2) is 24.3 Å². The van der Waals surface area contributed by atoms with Crippen molar-refractivity contribution in [1.29, 1.82) is 0 Å². The minimum atomic E-state index is 0.0603. The van der Waals surface area contributed by atoms with Crippen LogP contribution >= 0.6 is 0 Å². The first-order chi connectivity index (χ1) is 8.76. The number of aryl methyl sites for hydroxylation is 1. The summed E-state index contributed by atoms with van der Waals surface area (Å²) in [5.41, 5.74) is 2.05. The first-order valence-corrected chi connectivity index (χ1v) is 6.21. The fraction of sp³-hybridized carbons (Fsp3) is 0.429. The predicted molar refractivity (Wildman–Crippen MR) is 70.6 cm³/mol. The van der Waals surface area contributed by atoms with Gasteiger partial charge < -0.3 is 9.30 Å². The molecule has 0 aliphatic heterocycles. The van der Waals surface area contributed by atoms with Gasteiger partial charge in [0, 0.05) is 13.7 Å². The van der Waals surface area contributed by atoms with Crippen LogP contribution in [0.5, 0.6) is 0 Å². The SMILES string of the molecule is CCCn1c(CC(=O)COC)nc2ccccc21. The van der Waals surface area contributed by atoms with Crippen molar-refractivity contribution in [2.75, 3.05) is 13.7 Å². The van der Waals surface area contributed by atoms with E-state index in [9.17, 15) is 4.79 Å². The van der Waals surface area contributed by atoms with Crippen LogP contribution in [0.2, 0.25) is 0 Å². The van der Waals surface area contributed by atoms with Crippen molar-refractivity contribution < 1.29 is 9.53 Å². The number of hydrogen-bond donors (Lipinski definition) is 0. The van der Waals surface area contributed by atoms with Crippen molar-refractivity contribution in [2.45, 2.75) is 26.3 Å². The monoisotopic (exact) mass is 246 g/mol. The highest BCUT2D eigenvalue weighted by atomic mass is 16.5. The van der Waals surface area contributed by atoms with Gasteiger partial charge in [0.05, 0.1) is 17.5 Å². The molecule has 18 heavy (non-hydrogen) atoms. The number of aromatic nitrogens is 2. The Morgan fingerprint density at radius 1 is 1.39 bits per heavy atom. The molecule has 0 spiro atoms. The molecule has 1 aromatic carbocycles. The molecule has 0 aliphatic rings. The zero-order chi connectivity index (χ0) is 13.0. The van der Waals surface area contributed by atoms with E-state index in [2.05, 4.69) is 16.5 Å². The van der Waals surface area contributed by atoms with Crippen molar-refractivity contribution >= 4 is 16.8 Å². The second-order valence-corrected chi connectivity index (χ2v) is 4.32. The van der Waals surface area contributed by atoms with Gasteiger partial charge in [-0.2, -0.15) is 0 Å². The summed E-state index contributed by atoms with van der Waals surface area (Å²) in [6.07, 6.45) is 1.36. The van der Waals surface area contributed by atoms with Gasteiger partial charge in [-0.25, -0.2) is 4.98 Å². The number of imidazole rings is 1. The van der Waals surface area contributed by atoms with E-state index in [1.807, 2.05) is 24.3 Å². The van der Waals surface area contributed by atoms with Crippen molar-refractivity contribution in [3.05, 3.63) is 30.1 Å². The summed E-state index contributed by atoms with van der Waals surface area (Å²) in [6.45, 7) is 3.15. The Kier molecular flexibility index (Phi) is 4.10. The number of hydrogen-bond acceptors (Lipinski definition) is 3. The summed E-state index contributed by atoms with van der Waals surface area (Å²) < 4.78 is 6.99. The van der Waals surface area contributed by atoms with E-state index in [1.54, 1.807) is 0 Å². The van der Waals surface area contributed by atoms with E-state index in [0.717, 1.165) is 29.8 Å². The average molecular weight is 246 g/mol. The molecule has 0 radical (unpaired) electrons. The Bertz CT molecular complexity index is 546. The molecule has 96 valence electrons. The van der Waals surface area contributed by atoms with E-state index in [-0.39, 0.29) is 12.4 Å². The Morgan fingerprint density at radius 3 is 2.89 bits per heavy atom. The molecule has 1 aromatic heterocycles. The number of carbonyl (C=O) groups is 1. The number of rotatable bonds is 6. The zero-order valence-corrected chi connectivity index (χ0v) is 10.8. The minimum absolute atomic E-state index is 0.0603. The maximum Gasteiger partial charge on any atom is 0.165 e. The van der Waals surface area contributed by atoms with E-state index < -0.39 is 0 Å². The smallest absolute Gasteiger partial charge is 0.165 e. The van der Waals surface area contributed by atoms with Gasteiger partial charge in [0.15, 0.2) is 5.78 Å². The Hall–Kier alpha value is -1.68. The summed E-state index contributed by atoms with van der Waals surface area (Å²) in [4.78, 5) is 16.2. The zero-order valence-electron chi connectivity index (χ0n) is 10.8. The second kappa shape index (κ2) is 5.78.